The van der Waals surface area contributed by atoms with Crippen LogP contribution in [0.1, 0.15) is 25.7 Å². The van der Waals surface area contributed by atoms with Crippen molar-refractivity contribution in [3.63, 3.8) is 0 Å². The Morgan fingerprint density at radius 2 is 2.00 bits per heavy atom. The number of nitrogens with zero attached hydrogens (tertiary/aromatic N) is 1. The summed E-state index contributed by atoms with van der Waals surface area (Å²) in [6, 6.07) is 0. The molecular weight excluding hydrogens is 202 g/mol. The van der Waals surface area contributed by atoms with Crippen LogP contribution in [0, 0.1) is 0 Å². The van der Waals surface area contributed by atoms with Crippen LogP contribution < -0.4 is 5.32 Å². The summed E-state index contributed by atoms with van der Waals surface area (Å²) in [6.45, 7) is 1.19. The van der Waals surface area contributed by atoms with Crippen molar-refractivity contribution in [2.45, 2.75) is 31.6 Å². The fourth-order valence-electron chi connectivity index (χ4n) is 1.66. The van der Waals surface area contributed by atoms with Gasteiger partial charge in [0.2, 0.25) is 5.91 Å². The van der Waals surface area contributed by atoms with Crippen molar-refractivity contribution in [1.29, 1.82) is 0 Å². The summed E-state index contributed by atoms with van der Waals surface area (Å²) in [7, 11) is 1.83. The summed E-state index contributed by atoms with van der Waals surface area (Å²) in [5.74, 6) is -2.57. The number of amides is 1. The predicted octanol–water partition coefficient (Wildman–Crippen LogP) is 1.24. The molecule has 1 fully saturated rings. The lowest BCUT2D eigenvalue weighted by molar-refractivity contribution is -0.137. The van der Waals surface area contributed by atoms with Crippen molar-refractivity contribution in [3.05, 3.63) is 0 Å². The Morgan fingerprint density at radius 3 is 2.53 bits per heavy atom. The fraction of sp³-hybridized carbons (Fsp3) is 0.900. The van der Waals surface area contributed by atoms with Crippen molar-refractivity contribution >= 4 is 5.91 Å². The van der Waals surface area contributed by atoms with Gasteiger partial charge in [0.05, 0.1) is 0 Å². The Hall–Kier alpha value is -0.710. The lowest BCUT2D eigenvalue weighted by Crippen LogP contribution is -2.42. The molecule has 1 amide bonds. The Labute approximate surface area is 88.8 Å². The van der Waals surface area contributed by atoms with Crippen LogP contribution in [-0.2, 0) is 4.79 Å². The maximum absolute atomic E-state index is 12.8. The second kappa shape index (κ2) is 5.39. The molecule has 3 nitrogen and oxygen atoms in total. The molecule has 1 rings (SSSR count). The molecule has 0 atom stereocenters. The molecule has 1 aliphatic heterocycles. The summed E-state index contributed by atoms with van der Waals surface area (Å²) in [4.78, 5) is 13.1. The van der Waals surface area contributed by atoms with Crippen molar-refractivity contribution in [1.82, 2.24) is 10.2 Å². The summed E-state index contributed by atoms with van der Waals surface area (Å²) in [6.07, 6.45) is 0.837. The third kappa shape index (κ3) is 4.11. The molecule has 0 aromatic rings. The summed E-state index contributed by atoms with van der Waals surface area (Å²) >= 11 is 0. The standard InChI is InChI=1S/C10H18F2N2O/c1-13-6-2-3-9(15)14-7-4-10(11,12)5-8-14/h13H,2-8H2,1H3. The van der Waals surface area contributed by atoms with Gasteiger partial charge >= 0.3 is 0 Å². The van der Waals surface area contributed by atoms with Crippen LogP contribution in [0.15, 0.2) is 0 Å². The average Bonchev–Trinajstić information content (AvgIpc) is 2.18. The molecule has 0 aromatic carbocycles. The second-order valence-corrected chi connectivity index (χ2v) is 3.94. The van der Waals surface area contributed by atoms with E-state index in [0.29, 0.717) is 6.42 Å². The first kappa shape index (κ1) is 12.4. The second-order valence-electron chi connectivity index (χ2n) is 3.94. The van der Waals surface area contributed by atoms with Gasteiger partial charge in [-0.05, 0) is 20.0 Å². The Bertz CT molecular complexity index is 211. The summed E-state index contributed by atoms with van der Waals surface area (Å²) in [5, 5.41) is 2.95. The van der Waals surface area contributed by atoms with Gasteiger partial charge in [0, 0.05) is 32.4 Å². The number of piperidine rings is 1. The number of nitrogens with one attached hydrogen (secondary N) is 1. The van der Waals surface area contributed by atoms with E-state index in [4.69, 9.17) is 0 Å². The number of hydrogen-bond acceptors (Lipinski definition) is 2. The van der Waals surface area contributed by atoms with Crippen molar-refractivity contribution in [3.8, 4) is 0 Å². The van der Waals surface area contributed by atoms with E-state index >= 15 is 0 Å². The zero-order chi connectivity index (χ0) is 11.3. The molecular formula is C10H18F2N2O. The van der Waals surface area contributed by atoms with Gasteiger partial charge in [-0.25, -0.2) is 8.78 Å². The van der Waals surface area contributed by atoms with E-state index in [-0.39, 0.29) is 31.8 Å². The Balaban J connectivity index is 2.24. The van der Waals surface area contributed by atoms with E-state index in [9.17, 15) is 13.6 Å². The maximum atomic E-state index is 12.8. The lowest BCUT2D eigenvalue weighted by Gasteiger charge is -2.31. The maximum Gasteiger partial charge on any atom is 0.251 e. The van der Waals surface area contributed by atoms with Crippen LogP contribution in [0.3, 0.4) is 0 Å². The molecule has 5 heteroatoms. The molecule has 15 heavy (non-hydrogen) atoms. The highest BCUT2D eigenvalue weighted by Crippen LogP contribution is 2.27. The van der Waals surface area contributed by atoms with Crippen LogP contribution in [0.2, 0.25) is 0 Å². The highest BCUT2D eigenvalue weighted by molar-refractivity contribution is 5.76. The SMILES string of the molecule is CNCCCC(=O)N1CCC(F)(F)CC1. The molecule has 1 saturated heterocycles. The highest BCUT2D eigenvalue weighted by atomic mass is 19.3. The first-order chi connectivity index (χ1) is 7.05. The van der Waals surface area contributed by atoms with Gasteiger partial charge < -0.3 is 10.2 Å². The average molecular weight is 220 g/mol. The minimum absolute atomic E-state index is 0.000694. The number of rotatable bonds is 4. The molecule has 0 bridgehead atoms. The van der Waals surface area contributed by atoms with Gasteiger partial charge in [0.15, 0.2) is 0 Å². The quantitative estimate of drug-likeness (QED) is 0.723. The molecule has 1 heterocycles. The fourth-order valence-corrected chi connectivity index (χ4v) is 1.66. The van der Waals surface area contributed by atoms with Crippen LogP contribution in [0.4, 0.5) is 8.78 Å². The van der Waals surface area contributed by atoms with Gasteiger partial charge in [-0.1, -0.05) is 0 Å². The van der Waals surface area contributed by atoms with Crippen LogP contribution >= 0.6 is 0 Å². The van der Waals surface area contributed by atoms with E-state index in [1.165, 1.54) is 0 Å². The Morgan fingerprint density at radius 1 is 1.40 bits per heavy atom. The molecule has 0 aromatic heterocycles. The number of likely N-dealkylation sites (tertiary alicyclic amines) is 1. The van der Waals surface area contributed by atoms with Crippen LogP contribution in [0.25, 0.3) is 0 Å². The van der Waals surface area contributed by atoms with Crippen molar-refractivity contribution in [2.75, 3.05) is 26.7 Å². The molecule has 0 spiro atoms. The molecule has 0 unspecified atom stereocenters. The minimum Gasteiger partial charge on any atom is -0.342 e. The topological polar surface area (TPSA) is 32.3 Å². The zero-order valence-electron chi connectivity index (χ0n) is 9.06. The van der Waals surface area contributed by atoms with Gasteiger partial charge in [0.25, 0.3) is 5.92 Å². The number of alkyl halides is 2. The van der Waals surface area contributed by atoms with Gasteiger partial charge in [0.1, 0.15) is 0 Å². The summed E-state index contributed by atoms with van der Waals surface area (Å²) in [5.41, 5.74) is 0. The number of carbonyl (C=O) groups is 1. The van der Waals surface area contributed by atoms with Gasteiger partial charge in [-0.15, -0.1) is 0 Å². The van der Waals surface area contributed by atoms with E-state index < -0.39 is 5.92 Å². The van der Waals surface area contributed by atoms with E-state index in [1.54, 1.807) is 4.90 Å². The minimum atomic E-state index is -2.57. The monoisotopic (exact) mass is 220 g/mol. The predicted molar refractivity (Wildman–Crippen MR) is 53.9 cm³/mol. The first-order valence-electron chi connectivity index (χ1n) is 5.35. The van der Waals surface area contributed by atoms with Crippen molar-refractivity contribution in [2.24, 2.45) is 0 Å². The number of carbonyl (C=O) groups excluding carboxylic acids is 1. The molecule has 1 aliphatic rings. The van der Waals surface area contributed by atoms with Gasteiger partial charge in [-0.2, -0.15) is 0 Å². The zero-order valence-corrected chi connectivity index (χ0v) is 9.06. The first-order valence-corrected chi connectivity index (χ1v) is 5.35. The van der Waals surface area contributed by atoms with Crippen LogP contribution in [-0.4, -0.2) is 43.4 Å². The third-order valence-electron chi connectivity index (χ3n) is 2.67. The normalized spacial score (nSPS) is 20.3. The smallest absolute Gasteiger partial charge is 0.251 e. The highest BCUT2D eigenvalue weighted by Gasteiger charge is 2.35. The largest absolute Gasteiger partial charge is 0.342 e. The summed E-state index contributed by atoms with van der Waals surface area (Å²) < 4.78 is 25.6. The van der Waals surface area contributed by atoms with E-state index in [0.717, 1.165) is 13.0 Å². The molecule has 0 radical (unpaired) electrons. The third-order valence-corrected chi connectivity index (χ3v) is 2.67. The van der Waals surface area contributed by atoms with E-state index in [2.05, 4.69) is 5.32 Å². The number of hydrogen-bond donors (Lipinski definition) is 1. The Kier molecular flexibility index (Phi) is 4.45. The lowest BCUT2D eigenvalue weighted by atomic mass is 10.1. The molecule has 88 valence electrons. The van der Waals surface area contributed by atoms with Crippen molar-refractivity contribution < 1.29 is 13.6 Å². The van der Waals surface area contributed by atoms with Gasteiger partial charge in [-0.3, -0.25) is 4.79 Å². The van der Waals surface area contributed by atoms with Crippen LogP contribution in [0.5, 0.6) is 0 Å². The molecule has 0 aliphatic carbocycles. The molecule has 1 N–H and O–H groups in total. The molecule has 0 saturated carbocycles. The number of halogens is 2. The van der Waals surface area contributed by atoms with E-state index in [1.807, 2.05) is 7.05 Å².